The number of anilines is 1. The Labute approximate surface area is 150 Å². The van der Waals surface area contributed by atoms with E-state index in [9.17, 15) is 19.7 Å². The Morgan fingerprint density at radius 3 is 2.62 bits per heavy atom. The van der Waals surface area contributed by atoms with Gasteiger partial charge in [0.1, 0.15) is 0 Å². The highest BCUT2D eigenvalue weighted by Gasteiger charge is 2.16. The zero-order valence-electron chi connectivity index (χ0n) is 14.3. The zero-order valence-corrected chi connectivity index (χ0v) is 14.3. The SMILES string of the molecule is Cc1cccc(NC(=O)[C@H](C)OC(=O)/C=C/c2cccc([N+](=O)[O-])c2)c1. The van der Waals surface area contributed by atoms with Gasteiger partial charge in [-0.25, -0.2) is 4.79 Å². The Morgan fingerprint density at radius 1 is 1.19 bits per heavy atom. The van der Waals surface area contributed by atoms with Crippen molar-refractivity contribution in [2.75, 3.05) is 5.32 Å². The van der Waals surface area contributed by atoms with Crippen LogP contribution in [-0.2, 0) is 14.3 Å². The highest BCUT2D eigenvalue weighted by molar-refractivity contribution is 5.96. The average molecular weight is 354 g/mol. The van der Waals surface area contributed by atoms with E-state index in [1.807, 2.05) is 19.1 Å². The van der Waals surface area contributed by atoms with E-state index in [0.29, 0.717) is 11.3 Å². The molecule has 0 unspecified atom stereocenters. The minimum absolute atomic E-state index is 0.0774. The number of nitro benzene ring substituents is 1. The molecule has 0 spiro atoms. The number of carbonyl (C=O) groups is 2. The molecule has 2 rings (SSSR count). The highest BCUT2D eigenvalue weighted by Crippen LogP contribution is 2.14. The predicted octanol–water partition coefficient (Wildman–Crippen LogP) is 3.49. The largest absolute Gasteiger partial charge is 0.449 e. The topological polar surface area (TPSA) is 98.5 Å². The summed E-state index contributed by atoms with van der Waals surface area (Å²) in [5, 5.41) is 13.4. The minimum Gasteiger partial charge on any atom is -0.449 e. The Hall–Kier alpha value is -3.48. The van der Waals surface area contributed by atoms with Crippen molar-refractivity contribution in [1.82, 2.24) is 0 Å². The first-order valence-electron chi connectivity index (χ1n) is 7.86. The molecule has 0 aromatic heterocycles. The van der Waals surface area contributed by atoms with E-state index in [2.05, 4.69) is 5.32 Å². The Kier molecular flexibility index (Phi) is 6.21. The summed E-state index contributed by atoms with van der Waals surface area (Å²) < 4.78 is 5.04. The van der Waals surface area contributed by atoms with E-state index in [4.69, 9.17) is 4.74 Å². The molecule has 0 aliphatic heterocycles. The minimum atomic E-state index is -0.988. The van der Waals surface area contributed by atoms with E-state index in [1.54, 1.807) is 18.2 Å². The van der Waals surface area contributed by atoms with Gasteiger partial charge in [0.05, 0.1) is 4.92 Å². The van der Waals surface area contributed by atoms with E-state index >= 15 is 0 Å². The van der Waals surface area contributed by atoms with Crippen LogP contribution in [0, 0.1) is 17.0 Å². The lowest BCUT2D eigenvalue weighted by atomic mass is 10.2. The first kappa shape index (κ1) is 18.9. The molecule has 0 fully saturated rings. The predicted molar refractivity (Wildman–Crippen MR) is 97.5 cm³/mol. The molecule has 2 aromatic carbocycles. The molecule has 7 heteroatoms. The Balaban J connectivity index is 1.93. The maximum atomic E-state index is 12.1. The molecule has 1 atom stereocenters. The summed E-state index contributed by atoms with van der Waals surface area (Å²) in [5.74, 6) is -1.17. The second kappa shape index (κ2) is 8.57. The molecule has 0 saturated heterocycles. The van der Waals surface area contributed by atoms with Gasteiger partial charge in [-0.2, -0.15) is 0 Å². The smallest absolute Gasteiger partial charge is 0.331 e. The summed E-state index contributed by atoms with van der Waals surface area (Å²) in [5.41, 5.74) is 2.01. The van der Waals surface area contributed by atoms with Crippen molar-refractivity contribution in [2.45, 2.75) is 20.0 Å². The van der Waals surface area contributed by atoms with Crippen LogP contribution < -0.4 is 5.32 Å². The molecule has 0 saturated carbocycles. The lowest BCUT2D eigenvalue weighted by molar-refractivity contribution is -0.384. The molecule has 7 nitrogen and oxygen atoms in total. The number of aryl methyl sites for hydroxylation is 1. The van der Waals surface area contributed by atoms with Crippen molar-refractivity contribution >= 4 is 29.3 Å². The fourth-order valence-corrected chi connectivity index (χ4v) is 2.14. The molecule has 0 heterocycles. The fraction of sp³-hybridized carbons (Fsp3) is 0.158. The van der Waals surface area contributed by atoms with Gasteiger partial charge in [-0.15, -0.1) is 0 Å². The molecule has 1 N–H and O–H groups in total. The van der Waals surface area contributed by atoms with Crippen LogP contribution >= 0.6 is 0 Å². The molecule has 0 aliphatic rings. The second-order valence-corrected chi connectivity index (χ2v) is 5.62. The number of amides is 1. The van der Waals surface area contributed by atoms with Crippen LogP contribution in [0.15, 0.2) is 54.6 Å². The summed E-state index contributed by atoms with van der Waals surface area (Å²) in [6.45, 7) is 3.36. The van der Waals surface area contributed by atoms with Crippen molar-refractivity contribution in [1.29, 1.82) is 0 Å². The van der Waals surface area contributed by atoms with E-state index < -0.39 is 22.9 Å². The molecule has 0 radical (unpaired) electrons. The number of carbonyl (C=O) groups excluding carboxylic acids is 2. The van der Waals surface area contributed by atoms with Crippen molar-refractivity contribution in [3.05, 3.63) is 75.8 Å². The van der Waals surface area contributed by atoms with Gasteiger partial charge in [-0.1, -0.05) is 24.3 Å². The third kappa shape index (κ3) is 5.55. The standard InChI is InChI=1S/C19H18N2O5/c1-13-5-3-7-16(11-13)20-19(23)14(2)26-18(22)10-9-15-6-4-8-17(12-15)21(24)25/h3-12,14H,1-2H3,(H,20,23)/b10-9+/t14-/m0/s1. The molecule has 26 heavy (non-hydrogen) atoms. The number of hydrogen-bond donors (Lipinski definition) is 1. The number of nitrogens with zero attached hydrogens (tertiary/aromatic N) is 1. The number of esters is 1. The quantitative estimate of drug-likeness (QED) is 0.370. The number of rotatable bonds is 6. The number of hydrogen-bond acceptors (Lipinski definition) is 5. The van der Waals surface area contributed by atoms with Crippen molar-refractivity contribution in [2.24, 2.45) is 0 Å². The summed E-state index contributed by atoms with van der Waals surface area (Å²) in [6.07, 6.45) is 1.52. The van der Waals surface area contributed by atoms with Crippen molar-refractivity contribution in [3.63, 3.8) is 0 Å². The fourth-order valence-electron chi connectivity index (χ4n) is 2.14. The number of nitro groups is 1. The lowest BCUT2D eigenvalue weighted by Gasteiger charge is -2.12. The average Bonchev–Trinajstić information content (AvgIpc) is 2.60. The molecule has 0 bridgehead atoms. The van der Waals surface area contributed by atoms with Crippen LogP contribution in [0.3, 0.4) is 0 Å². The van der Waals surface area contributed by atoms with Gasteiger partial charge in [0.15, 0.2) is 6.10 Å². The Morgan fingerprint density at radius 2 is 1.92 bits per heavy atom. The molecule has 2 aromatic rings. The van der Waals surface area contributed by atoms with Gasteiger partial charge in [0.2, 0.25) is 0 Å². The summed E-state index contributed by atoms with van der Waals surface area (Å²) in [4.78, 5) is 34.1. The van der Waals surface area contributed by atoms with Gasteiger partial charge in [-0.3, -0.25) is 14.9 Å². The maximum absolute atomic E-state index is 12.1. The Bertz CT molecular complexity index is 861. The highest BCUT2D eigenvalue weighted by atomic mass is 16.6. The normalized spacial score (nSPS) is 11.8. The van der Waals surface area contributed by atoms with Crippen molar-refractivity contribution < 1.29 is 19.2 Å². The number of nitrogens with one attached hydrogen (secondary N) is 1. The first-order valence-corrected chi connectivity index (χ1v) is 7.86. The second-order valence-electron chi connectivity index (χ2n) is 5.62. The summed E-state index contributed by atoms with van der Waals surface area (Å²) in [6, 6.07) is 13.1. The van der Waals surface area contributed by atoms with Crippen LogP contribution in [-0.4, -0.2) is 22.9 Å². The molecule has 1 amide bonds. The third-order valence-electron chi connectivity index (χ3n) is 3.44. The van der Waals surface area contributed by atoms with Gasteiger partial charge in [0, 0.05) is 23.9 Å². The number of non-ortho nitro benzene ring substituents is 1. The van der Waals surface area contributed by atoms with Gasteiger partial charge in [0.25, 0.3) is 11.6 Å². The van der Waals surface area contributed by atoms with Gasteiger partial charge >= 0.3 is 5.97 Å². The van der Waals surface area contributed by atoms with E-state index in [0.717, 1.165) is 11.6 Å². The number of benzene rings is 2. The van der Waals surface area contributed by atoms with Crippen LogP contribution in [0.4, 0.5) is 11.4 Å². The first-order chi connectivity index (χ1) is 12.3. The van der Waals surface area contributed by atoms with Gasteiger partial charge in [-0.05, 0) is 43.2 Å². The summed E-state index contributed by atoms with van der Waals surface area (Å²) in [7, 11) is 0. The van der Waals surface area contributed by atoms with Gasteiger partial charge < -0.3 is 10.1 Å². The lowest BCUT2D eigenvalue weighted by Crippen LogP contribution is -2.29. The monoisotopic (exact) mass is 354 g/mol. The molecular weight excluding hydrogens is 336 g/mol. The third-order valence-corrected chi connectivity index (χ3v) is 3.44. The molecule has 134 valence electrons. The van der Waals surface area contributed by atoms with Crippen LogP contribution in [0.1, 0.15) is 18.1 Å². The van der Waals surface area contributed by atoms with Crippen LogP contribution in [0.5, 0.6) is 0 Å². The molecule has 0 aliphatic carbocycles. The van der Waals surface area contributed by atoms with Crippen LogP contribution in [0.2, 0.25) is 0 Å². The molecular formula is C19H18N2O5. The van der Waals surface area contributed by atoms with Crippen LogP contribution in [0.25, 0.3) is 6.08 Å². The summed E-state index contributed by atoms with van der Waals surface area (Å²) >= 11 is 0. The van der Waals surface area contributed by atoms with E-state index in [1.165, 1.54) is 31.2 Å². The maximum Gasteiger partial charge on any atom is 0.331 e. The van der Waals surface area contributed by atoms with E-state index in [-0.39, 0.29) is 5.69 Å². The number of ether oxygens (including phenoxy) is 1. The zero-order chi connectivity index (χ0) is 19.1. The van der Waals surface area contributed by atoms with Crippen molar-refractivity contribution in [3.8, 4) is 0 Å².